The lowest BCUT2D eigenvalue weighted by molar-refractivity contribution is -0.128. The molecule has 0 aromatic rings. The largest absolute Gasteiger partial charge is 0.329 e. The molecule has 0 fully saturated rings. The summed E-state index contributed by atoms with van der Waals surface area (Å²) in [7, 11) is 5.90. The Morgan fingerprint density at radius 2 is 1.68 bits per heavy atom. The Morgan fingerprint density at radius 3 is 2.21 bits per heavy atom. The van der Waals surface area contributed by atoms with E-state index in [9.17, 15) is 4.79 Å². The smallest absolute Gasteiger partial charge is 0.226 e. The van der Waals surface area contributed by atoms with E-state index < -0.39 is 0 Å². The van der Waals surface area contributed by atoms with Crippen molar-refractivity contribution >= 4 is 5.91 Å². The first-order valence-corrected chi connectivity index (χ1v) is 6.93. The van der Waals surface area contributed by atoms with Gasteiger partial charge in [0.15, 0.2) is 0 Å². The van der Waals surface area contributed by atoms with E-state index in [0.717, 1.165) is 31.8 Å². The Morgan fingerprint density at radius 1 is 1.11 bits per heavy atom. The molecule has 2 N–H and O–H groups in total. The Hall–Kier alpha value is -0.910. The zero-order chi connectivity index (χ0) is 14.8. The quantitative estimate of drug-likeness (QED) is 0.631. The van der Waals surface area contributed by atoms with E-state index in [1.54, 1.807) is 11.9 Å². The molecule has 0 aromatic carbocycles. The topological polar surface area (TPSA) is 52.8 Å². The number of rotatable bonds is 10. The van der Waals surface area contributed by atoms with Gasteiger partial charge in [-0.3, -0.25) is 9.69 Å². The maximum Gasteiger partial charge on any atom is 0.226 e. The molecule has 1 amide bonds. The highest BCUT2D eigenvalue weighted by Crippen LogP contribution is 2.04. The Bertz CT molecular complexity index is 281. The standard InChI is InChI=1S/C14H30N4O/c1-6-7-14(19)18(5)13(2)12-17(4)11-10-16(3)9-8-15/h2,6-12,15H2,1,3-5H3. The summed E-state index contributed by atoms with van der Waals surface area (Å²) >= 11 is 0. The van der Waals surface area contributed by atoms with Gasteiger partial charge < -0.3 is 15.5 Å². The Labute approximate surface area is 118 Å². The molecule has 0 aliphatic carbocycles. The van der Waals surface area contributed by atoms with Gasteiger partial charge in [-0.25, -0.2) is 0 Å². The molecule has 19 heavy (non-hydrogen) atoms. The molecule has 5 nitrogen and oxygen atoms in total. The van der Waals surface area contributed by atoms with Gasteiger partial charge in [-0.15, -0.1) is 0 Å². The first-order chi connectivity index (χ1) is 8.92. The number of carbonyl (C=O) groups excluding carboxylic acids is 1. The van der Waals surface area contributed by atoms with Gasteiger partial charge in [-0.2, -0.15) is 0 Å². The minimum Gasteiger partial charge on any atom is -0.329 e. The van der Waals surface area contributed by atoms with Gasteiger partial charge in [0.2, 0.25) is 5.91 Å². The summed E-state index contributed by atoms with van der Waals surface area (Å²) in [5.41, 5.74) is 6.35. The van der Waals surface area contributed by atoms with Crippen LogP contribution < -0.4 is 5.73 Å². The molecule has 0 atom stereocenters. The molecule has 0 unspecified atom stereocenters. The Kier molecular flexibility index (Phi) is 9.47. The molecule has 5 heteroatoms. The Balaban J connectivity index is 4.01. The summed E-state index contributed by atoms with van der Waals surface area (Å²) in [4.78, 5) is 17.8. The monoisotopic (exact) mass is 270 g/mol. The number of likely N-dealkylation sites (N-methyl/N-ethyl adjacent to an activating group) is 3. The van der Waals surface area contributed by atoms with Crippen molar-refractivity contribution in [2.45, 2.75) is 19.8 Å². The molecule has 112 valence electrons. The number of amides is 1. The van der Waals surface area contributed by atoms with Crippen molar-refractivity contribution in [2.24, 2.45) is 5.73 Å². The predicted molar refractivity (Wildman–Crippen MR) is 80.9 cm³/mol. The summed E-state index contributed by atoms with van der Waals surface area (Å²) in [6.07, 6.45) is 1.45. The summed E-state index contributed by atoms with van der Waals surface area (Å²) < 4.78 is 0. The summed E-state index contributed by atoms with van der Waals surface area (Å²) in [5.74, 6) is 0.140. The third kappa shape index (κ3) is 7.97. The van der Waals surface area contributed by atoms with Crippen LogP contribution in [0.4, 0.5) is 0 Å². The van der Waals surface area contributed by atoms with Crippen LogP contribution in [0.15, 0.2) is 12.3 Å². The first kappa shape index (κ1) is 18.1. The maximum atomic E-state index is 11.7. The lowest BCUT2D eigenvalue weighted by Gasteiger charge is -2.26. The summed E-state index contributed by atoms with van der Waals surface area (Å²) in [6.45, 7) is 10.2. The minimum absolute atomic E-state index is 0.140. The highest BCUT2D eigenvalue weighted by molar-refractivity contribution is 5.77. The van der Waals surface area contributed by atoms with Crippen LogP contribution in [-0.2, 0) is 4.79 Å². The molecule has 0 radical (unpaired) electrons. The van der Waals surface area contributed by atoms with Crippen molar-refractivity contribution in [3.05, 3.63) is 12.3 Å². The zero-order valence-corrected chi connectivity index (χ0v) is 13.0. The van der Waals surface area contributed by atoms with Crippen molar-refractivity contribution in [1.29, 1.82) is 0 Å². The number of hydrogen-bond donors (Lipinski definition) is 1. The number of carbonyl (C=O) groups is 1. The van der Waals surface area contributed by atoms with Crippen molar-refractivity contribution in [2.75, 3.05) is 53.9 Å². The van der Waals surface area contributed by atoms with E-state index in [0.29, 0.717) is 19.5 Å². The molecule has 0 rings (SSSR count). The van der Waals surface area contributed by atoms with Crippen molar-refractivity contribution < 1.29 is 4.79 Å². The summed E-state index contributed by atoms with van der Waals surface area (Å²) in [5, 5.41) is 0. The van der Waals surface area contributed by atoms with E-state index in [4.69, 9.17) is 5.73 Å². The minimum atomic E-state index is 0.140. The molecule has 0 saturated carbocycles. The predicted octanol–water partition coefficient (Wildman–Crippen LogP) is 0.581. The molecule has 0 spiro atoms. The zero-order valence-electron chi connectivity index (χ0n) is 13.0. The second-order valence-corrected chi connectivity index (χ2v) is 5.10. The fourth-order valence-electron chi connectivity index (χ4n) is 1.73. The molecule has 0 aliphatic heterocycles. The molecule has 0 bridgehead atoms. The van der Waals surface area contributed by atoms with Crippen LogP contribution in [0.1, 0.15) is 19.8 Å². The lowest BCUT2D eigenvalue weighted by atomic mass is 10.3. The van der Waals surface area contributed by atoms with Gasteiger partial charge in [0.05, 0.1) is 0 Å². The van der Waals surface area contributed by atoms with Crippen molar-refractivity contribution in [3.8, 4) is 0 Å². The highest BCUT2D eigenvalue weighted by Gasteiger charge is 2.12. The highest BCUT2D eigenvalue weighted by atomic mass is 16.2. The maximum absolute atomic E-state index is 11.7. The van der Waals surface area contributed by atoms with E-state index in [1.165, 1.54) is 0 Å². The third-order valence-corrected chi connectivity index (χ3v) is 3.14. The van der Waals surface area contributed by atoms with Gasteiger partial charge in [0, 0.05) is 51.9 Å². The second-order valence-electron chi connectivity index (χ2n) is 5.10. The molecular weight excluding hydrogens is 240 g/mol. The SMILES string of the molecule is C=C(CN(C)CCN(C)CCN)N(C)C(=O)CCC. The number of nitrogens with two attached hydrogens (primary N) is 1. The normalized spacial score (nSPS) is 11.1. The van der Waals surface area contributed by atoms with Crippen LogP contribution in [0.3, 0.4) is 0 Å². The molecule has 0 saturated heterocycles. The second kappa shape index (κ2) is 9.95. The molecule has 0 aliphatic rings. The van der Waals surface area contributed by atoms with E-state index in [-0.39, 0.29) is 5.91 Å². The first-order valence-electron chi connectivity index (χ1n) is 6.93. The van der Waals surface area contributed by atoms with Gasteiger partial charge in [0.25, 0.3) is 0 Å². The lowest BCUT2D eigenvalue weighted by Crippen LogP contribution is -2.37. The van der Waals surface area contributed by atoms with Crippen molar-refractivity contribution in [3.63, 3.8) is 0 Å². The van der Waals surface area contributed by atoms with E-state index in [1.807, 2.05) is 14.0 Å². The fraction of sp³-hybridized carbons (Fsp3) is 0.786. The third-order valence-electron chi connectivity index (χ3n) is 3.14. The van der Waals surface area contributed by atoms with Gasteiger partial charge in [0.1, 0.15) is 0 Å². The van der Waals surface area contributed by atoms with Gasteiger partial charge >= 0.3 is 0 Å². The van der Waals surface area contributed by atoms with Crippen LogP contribution >= 0.6 is 0 Å². The number of hydrogen-bond acceptors (Lipinski definition) is 4. The van der Waals surface area contributed by atoms with Gasteiger partial charge in [-0.1, -0.05) is 13.5 Å². The van der Waals surface area contributed by atoms with Crippen LogP contribution in [0, 0.1) is 0 Å². The van der Waals surface area contributed by atoms with Crippen LogP contribution in [-0.4, -0.2) is 74.5 Å². The van der Waals surface area contributed by atoms with Crippen LogP contribution in [0.25, 0.3) is 0 Å². The average Bonchev–Trinajstić information content (AvgIpc) is 2.36. The van der Waals surface area contributed by atoms with Gasteiger partial charge in [-0.05, 0) is 20.5 Å². The van der Waals surface area contributed by atoms with E-state index >= 15 is 0 Å². The average molecular weight is 270 g/mol. The van der Waals surface area contributed by atoms with Crippen molar-refractivity contribution in [1.82, 2.24) is 14.7 Å². The molecular formula is C14H30N4O. The number of nitrogens with zero attached hydrogens (tertiary/aromatic N) is 3. The molecule has 0 heterocycles. The fourth-order valence-corrected chi connectivity index (χ4v) is 1.73. The summed E-state index contributed by atoms with van der Waals surface area (Å²) in [6, 6.07) is 0. The van der Waals surface area contributed by atoms with E-state index in [2.05, 4.69) is 23.4 Å². The van der Waals surface area contributed by atoms with Crippen LogP contribution in [0.2, 0.25) is 0 Å². The van der Waals surface area contributed by atoms with Crippen LogP contribution in [0.5, 0.6) is 0 Å². The molecule has 0 aromatic heterocycles.